The fourth-order valence-electron chi connectivity index (χ4n) is 2.10. The largest absolute Gasteiger partial charge is 0.439 e. The number of nitrogen functional groups attached to an aromatic ring is 1. The van der Waals surface area contributed by atoms with Crippen molar-refractivity contribution in [3.05, 3.63) is 66.5 Å². The van der Waals surface area contributed by atoms with Crippen LogP contribution in [0.5, 0.6) is 17.4 Å². The van der Waals surface area contributed by atoms with Gasteiger partial charge in [-0.1, -0.05) is 18.2 Å². The second-order valence-electron chi connectivity index (χ2n) is 5.19. The predicted molar refractivity (Wildman–Crippen MR) is 93.8 cm³/mol. The third kappa shape index (κ3) is 4.44. The van der Waals surface area contributed by atoms with Crippen molar-refractivity contribution in [3.63, 3.8) is 0 Å². The number of aryl methyl sites for hydroxylation is 1. The highest BCUT2D eigenvalue weighted by Gasteiger charge is 2.08. The number of hydrogen-bond acceptors (Lipinski definition) is 6. The summed E-state index contributed by atoms with van der Waals surface area (Å²) in [6.07, 6.45) is 0.763. The molecule has 0 bridgehead atoms. The lowest BCUT2D eigenvalue weighted by molar-refractivity contribution is 0.215. The van der Waals surface area contributed by atoms with E-state index < -0.39 is 6.09 Å². The molecule has 0 aliphatic carbocycles. The van der Waals surface area contributed by atoms with Gasteiger partial charge in [0.15, 0.2) is 0 Å². The summed E-state index contributed by atoms with van der Waals surface area (Å²) in [5, 5.41) is 2.70. The molecule has 0 unspecified atom stereocenters. The van der Waals surface area contributed by atoms with E-state index in [0.29, 0.717) is 28.9 Å². The summed E-state index contributed by atoms with van der Waals surface area (Å²) in [7, 11) is 0. The molecular formula is C18H16N4O3. The summed E-state index contributed by atoms with van der Waals surface area (Å²) < 4.78 is 10.8. The van der Waals surface area contributed by atoms with Crippen LogP contribution in [-0.4, -0.2) is 16.1 Å². The molecule has 126 valence electrons. The van der Waals surface area contributed by atoms with Crippen molar-refractivity contribution in [2.24, 2.45) is 0 Å². The summed E-state index contributed by atoms with van der Waals surface area (Å²) in [6.45, 7) is 1.85. The fourth-order valence-corrected chi connectivity index (χ4v) is 2.10. The van der Waals surface area contributed by atoms with Gasteiger partial charge in [-0.15, -0.1) is 0 Å². The Morgan fingerprint density at radius 3 is 2.56 bits per heavy atom. The molecule has 0 saturated heterocycles. The fraction of sp³-hybridized carbons (Fsp3) is 0.0556. The Labute approximate surface area is 144 Å². The second kappa shape index (κ2) is 7.31. The number of hydrogen-bond donors (Lipinski definition) is 2. The monoisotopic (exact) mass is 336 g/mol. The maximum absolute atomic E-state index is 12.0. The van der Waals surface area contributed by atoms with E-state index in [0.717, 1.165) is 5.56 Å². The molecule has 0 atom stereocenters. The summed E-state index contributed by atoms with van der Waals surface area (Å²) >= 11 is 0. The molecule has 2 aromatic carbocycles. The number of amides is 1. The maximum Gasteiger partial charge on any atom is 0.417 e. The number of para-hydroxylation sites is 1. The average Bonchev–Trinajstić information content (AvgIpc) is 2.58. The standard InChI is InChI=1S/C18H16N4O3/c1-12-9-14(24-17-10-16(19)20-11-21-17)7-8-15(12)22-18(23)25-13-5-3-2-4-6-13/h2-11H,1H3,(H,22,23)(H2,19,20,21). The quantitative estimate of drug-likeness (QED) is 0.752. The number of rotatable bonds is 4. The minimum Gasteiger partial charge on any atom is -0.439 e. The molecule has 25 heavy (non-hydrogen) atoms. The van der Waals surface area contributed by atoms with Gasteiger partial charge in [-0.3, -0.25) is 5.32 Å². The van der Waals surface area contributed by atoms with E-state index in [2.05, 4.69) is 15.3 Å². The SMILES string of the molecule is Cc1cc(Oc2cc(N)ncn2)ccc1NC(=O)Oc1ccccc1. The first kappa shape index (κ1) is 16.3. The summed E-state index contributed by atoms with van der Waals surface area (Å²) in [5.41, 5.74) is 7.02. The van der Waals surface area contributed by atoms with Gasteiger partial charge in [0.05, 0.1) is 0 Å². The Morgan fingerprint density at radius 1 is 1.04 bits per heavy atom. The maximum atomic E-state index is 12.0. The van der Waals surface area contributed by atoms with E-state index >= 15 is 0 Å². The molecule has 0 radical (unpaired) electrons. The van der Waals surface area contributed by atoms with E-state index in [1.54, 1.807) is 42.5 Å². The summed E-state index contributed by atoms with van der Waals surface area (Å²) in [4.78, 5) is 19.7. The first-order valence-electron chi connectivity index (χ1n) is 7.50. The van der Waals surface area contributed by atoms with Crippen LogP contribution >= 0.6 is 0 Å². The van der Waals surface area contributed by atoms with Crippen LogP contribution in [0.4, 0.5) is 16.3 Å². The molecular weight excluding hydrogens is 320 g/mol. The highest BCUT2D eigenvalue weighted by atomic mass is 16.6. The normalized spacial score (nSPS) is 10.1. The molecule has 0 fully saturated rings. The van der Waals surface area contributed by atoms with Gasteiger partial charge in [-0.25, -0.2) is 14.8 Å². The third-order valence-electron chi connectivity index (χ3n) is 3.27. The molecule has 3 rings (SSSR count). The van der Waals surface area contributed by atoms with Gasteiger partial charge in [0, 0.05) is 11.8 Å². The lowest BCUT2D eigenvalue weighted by Crippen LogP contribution is -2.17. The van der Waals surface area contributed by atoms with Crippen molar-refractivity contribution >= 4 is 17.6 Å². The van der Waals surface area contributed by atoms with E-state index in [1.807, 2.05) is 13.0 Å². The molecule has 0 spiro atoms. The number of anilines is 2. The number of carbonyl (C=O) groups excluding carboxylic acids is 1. The molecule has 0 aliphatic rings. The Bertz CT molecular complexity index is 884. The lowest BCUT2D eigenvalue weighted by Gasteiger charge is -2.11. The van der Waals surface area contributed by atoms with Crippen LogP contribution in [0.2, 0.25) is 0 Å². The highest BCUT2D eigenvalue weighted by molar-refractivity contribution is 5.87. The van der Waals surface area contributed by atoms with Crippen molar-refractivity contribution in [3.8, 4) is 17.4 Å². The smallest absolute Gasteiger partial charge is 0.417 e. The number of benzene rings is 2. The van der Waals surface area contributed by atoms with Crippen LogP contribution in [0, 0.1) is 6.92 Å². The van der Waals surface area contributed by atoms with Crippen LogP contribution in [0.3, 0.4) is 0 Å². The lowest BCUT2D eigenvalue weighted by atomic mass is 10.2. The molecule has 3 N–H and O–H groups in total. The number of nitrogens with two attached hydrogens (primary N) is 1. The van der Waals surface area contributed by atoms with E-state index in [-0.39, 0.29) is 0 Å². The Balaban J connectivity index is 1.66. The van der Waals surface area contributed by atoms with Crippen LogP contribution in [0.25, 0.3) is 0 Å². The molecule has 1 aromatic heterocycles. The van der Waals surface area contributed by atoms with Crippen molar-refractivity contribution < 1.29 is 14.3 Å². The first-order chi connectivity index (χ1) is 12.1. The molecule has 0 saturated carbocycles. The Kier molecular flexibility index (Phi) is 4.75. The van der Waals surface area contributed by atoms with Gasteiger partial charge in [-0.2, -0.15) is 0 Å². The molecule has 7 nitrogen and oxygen atoms in total. The second-order valence-corrected chi connectivity index (χ2v) is 5.19. The van der Waals surface area contributed by atoms with Crippen molar-refractivity contribution in [1.82, 2.24) is 9.97 Å². The number of aromatic nitrogens is 2. The Morgan fingerprint density at radius 2 is 1.84 bits per heavy atom. The van der Waals surface area contributed by atoms with Gasteiger partial charge in [-0.05, 0) is 42.8 Å². The van der Waals surface area contributed by atoms with Gasteiger partial charge >= 0.3 is 6.09 Å². The molecule has 1 heterocycles. The number of nitrogens with one attached hydrogen (secondary N) is 1. The van der Waals surface area contributed by atoms with Crippen molar-refractivity contribution in [2.45, 2.75) is 6.92 Å². The summed E-state index contributed by atoms with van der Waals surface area (Å²) in [5.74, 6) is 1.70. The van der Waals surface area contributed by atoms with Gasteiger partial charge < -0.3 is 15.2 Å². The highest BCUT2D eigenvalue weighted by Crippen LogP contribution is 2.25. The van der Waals surface area contributed by atoms with E-state index in [9.17, 15) is 4.79 Å². The summed E-state index contributed by atoms with van der Waals surface area (Å²) in [6, 6.07) is 15.6. The Hall–Kier alpha value is -3.61. The molecule has 7 heteroatoms. The van der Waals surface area contributed by atoms with Gasteiger partial charge in [0.1, 0.15) is 23.6 Å². The van der Waals surface area contributed by atoms with E-state index in [4.69, 9.17) is 15.2 Å². The minimum atomic E-state index is -0.563. The minimum absolute atomic E-state index is 0.323. The third-order valence-corrected chi connectivity index (χ3v) is 3.27. The predicted octanol–water partition coefficient (Wildman–Crippen LogP) is 3.77. The average molecular weight is 336 g/mol. The number of carbonyl (C=O) groups is 1. The van der Waals surface area contributed by atoms with Gasteiger partial charge in [0.2, 0.25) is 5.88 Å². The van der Waals surface area contributed by atoms with Crippen LogP contribution < -0.4 is 20.5 Å². The van der Waals surface area contributed by atoms with Crippen molar-refractivity contribution in [2.75, 3.05) is 11.1 Å². The molecule has 3 aromatic rings. The first-order valence-corrected chi connectivity index (χ1v) is 7.50. The van der Waals surface area contributed by atoms with Gasteiger partial charge in [0.25, 0.3) is 0 Å². The zero-order valence-electron chi connectivity index (χ0n) is 13.5. The van der Waals surface area contributed by atoms with Crippen molar-refractivity contribution in [1.29, 1.82) is 0 Å². The van der Waals surface area contributed by atoms with Crippen LogP contribution in [0.1, 0.15) is 5.56 Å². The van der Waals surface area contributed by atoms with E-state index in [1.165, 1.54) is 12.4 Å². The number of ether oxygens (including phenoxy) is 2. The topological polar surface area (TPSA) is 99.4 Å². The molecule has 0 aliphatic heterocycles. The number of nitrogens with zero attached hydrogens (tertiary/aromatic N) is 2. The zero-order chi connectivity index (χ0) is 17.6. The van der Waals surface area contributed by atoms with Crippen LogP contribution in [-0.2, 0) is 0 Å². The zero-order valence-corrected chi connectivity index (χ0v) is 13.5. The molecule has 1 amide bonds. The van der Waals surface area contributed by atoms with Crippen LogP contribution in [0.15, 0.2) is 60.9 Å².